The van der Waals surface area contributed by atoms with Gasteiger partial charge in [-0.05, 0) is 49.3 Å². The van der Waals surface area contributed by atoms with Crippen LogP contribution in [0.2, 0.25) is 0 Å². The van der Waals surface area contributed by atoms with E-state index in [-0.39, 0.29) is 5.91 Å². The molecule has 1 amide bonds. The number of nitrogens with zero attached hydrogens (tertiary/aromatic N) is 2. The van der Waals surface area contributed by atoms with Gasteiger partial charge in [0.15, 0.2) is 0 Å². The summed E-state index contributed by atoms with van der Waals surface area (Å²) < 4.78 is 0. The summed E-state index contributed by atoms with van der Waals surface area (Å²) in [7, 11) is 0. The van der Waals surface area contributed by atoms with Crippen LogP contribution >= 0.6 is 0 Å². The van der Waals surface area contributed by atoms with Crippen molar-refractivity contribution in [1.82, 2.24) is 14.9 Å². The summed E-state index contributed by atoms with van der Waals surface area (Å²) in [5.41, 5.74) is 3.07. The van der Waals surface area contributed by atoms with E-state index in [1.165, 1.54) is 12.0 Å². The van der Waals surface area contributed by atoms with E-state index in [1.54, 1.807) is 12.4 Å². The van der Waals surface area contributed by atoms with Gasteiger partial charge in [0.2, 0.25) is 0 Å². The van der Waals surface area contributed by atoms with Crippen molar-refractivity contribution in [3.05, 3.63) is 78.1 Å². The maximum Gasteiger partial charge on any atom is 0.253 e. The zero-order valence-electron chi connectivity index (χ0n) is 15.5. The number of amides is 1. The molecule has 0 aliphatic carbocycles. The molecule has 3 aromatic rings. The minimum atomic E-state index is 0.132. The largest absolute Gasteiger partial charge is 0.345 e. The molecule has 1 atom stereocenters. The standard InChI is InChI=1S/C23H25N3O/c27-23(21-10-4-9-20(16-21)22-24-13-14-25-22)26-15-5-8-19(17-26)12-11-18-6-2-1-3-7-18/h1-4,6-7,9-10,13-14,16,19H,5,8,11-12,15,17H2,(H,24,25). The summed E-state index contributed by atoms with van der Waals surface area (Å²) >= 11 is 0. The van der Waals surface area contributed by atoms with Gasteiger partial charge >= 0.3 is 0 Å². The van der Waals surface area contributed by atoms with Gasteiger partial charge in [0.05, 0.1) is 0 Å². The molecule has 2 heterocycles. The second kappa shape index (κ2) is 8.21. The fraction of sp³-hybridized carbons (Fsp3) is 0.304. The minimum Gasteiger partial charge on any atom is -0.345 e. The maximum absolute atomic E-state index is 13.0. The number of likely N-dealkylation sites (tertiary alicyclic amines) is 1. The highest BCUT2D eigenvalue weighted by Crippen LogP contribution is 2.24. The molecule has 1 aliphatic heterocycles. The van der Waals surface area contributed by atoms with E-state index in [9.17, 15) is 4.79 Å². The Balaban J connectivity index is 1.40. The van der Waals surface area contributed by atoms with Crippen LogP contribution in [0.15, 0.2) is 67.0 Å². The molecule has 1 fully saturated rings. The van der Waals surface area contributed by atoms with Crippen molar-refractivity contribution in [3.63, 3.8) is 0 Å². The summed E-state index contributed by atoms with van der Waals surface area (Å²) in [5, 5.41) is 0. The van der Waals surface area contributed by atoms with E-state index in [2.05, 4.69) is 40.3 Å². The quantitative estimate of drug-likeness (QED) is 0.726. The molecule has 0 bridgehead atoms. The van der Waals surface area contributed by atoms with E-state index in [4.69, 9.17) is 0 Å². The molecule has 4 nitrogen and oxygen atoms in total. The molecule has 1 unspecified atom stereocenters. The van der Waals surface area contributed by atoms with Crippen molar-refractivity contribution in [2.75, 3.05) is 13.1 Å². The van der Waals surface area contributed by atoms with Gasteiger partial charge in [-0.2, -0.15) is 0 Å². The molecule has 138 valence electrons. The monoisotopic (exact) mass is 359 g/mol. The zero-order valence-corrected chi connectivity index (χ0v) is 15.5. The number of imidazole rings is 1. The number of carbonyl (C=O) groups is 1. The molecule has 1 aliphatic rings. The summed E-state index contributed by atoms with van der Waals surface area (Å²) in [4.78, 5) is 22.5. The number of benzene rings is 2. The lowest BCUT2D eigenvalue weighted by Gasteiger charge is -2.33. The van der Waals surface area contributed by atoms with E-state index in [0.717, 1.165) is 49.3 Å². The molecule has 1 aromatic heterocycles. The van der Waals surface area contributed by atoms with Gasteiger partial charge in [-0.1, -0.05) is 42.5 Å². The van der Waals surface area contributed by atoms with Gasteiger partial charge in [0.25, 0.3) is 5.91 Å². The number of piperidine rings is 1. The lowest BCUT2D eigenvalue weighted by Crippen LogP contribution is -2.40. The fourth-order valence-electron chi connectivity index (χ4n) is 3.91. The van der Waals surface area contributed by atoms with Gasteiger partial charge in [-0.15, -0.1) is 0 Å². The summed E-state index contributed by atoms with van der Waals surface area (Å²) in [6, 6.07) is 18.4. The van der Waals surface area contributed by atoms with E-state index >= 15 is 0 Å². The molecule has 0 radical (unpaired) electrons. The van der Waals surface area contributed by atoms with E-state index in [1.807, 2.05) is 29.2 Å². The van der Waals surface area contributed by atoms with Gasteiger partial charge in [-0.3, -0.25) is 4.79 Å². The van der Waals surface area contributed by atoms with Crippen LogP contribution in [0.25, 0.3) is 11.4 Å². The Morgan fingerprint density at radius 1 is 1.15 bits per heavy atom. The number of hydrogen-bond donors (Lipinski definition) is 1. The number of aryl methyl sites for hydroxylation is 1. The molecule has 4 rings (SSSR count). The summed E-state index contributed by atoms with van der Waals surface area (Å²) in [6.45, 7) is 1.71. The Bertz CT molecular complexity index is 874. The number of nitrogens with one attached hydrogen (secondary N) is 1. The average molecular weight is 359 g/mol. The Morgan fingerprint density at radius 2 is 2.04 bits per heavy atom. The lowest BCUT2D eigenvalue weighted by atomic mass is 9.91. The van der Waals surface area contributed by atoms with Crippen molar-refractivity contribution in [2.45, 2.75) is 25.7 Å². The Morgan fingerprint density at radius 3 is 2.85 bits per heavy atom. The SMILES string of the molecule is O=C(c1cccc(-c2ncc[nH]2)c1)N1CCCC(CCc2ccccc2)C1. The van der Waals surface area contributed by atoms with Crippen LogP contribution in [0.3, 0.4) is 0 Å². The van der Waals surface area contributed by atoms with Crippen molar-refractivity contribution in [3.8, 4) is 11.4 Å². The number of hydrogen-bond acceptors (Lipinski definition) is 2. The Kier molecular flexibility index (Phi) is 5.33. The summed E-state index contributed by atoms with van der Waals surface area (Å²) in [6.07, 6.45) is 8.05. The van der Waals surface area contributed by atoms with Gasteiger partial charge in [0.1, 0.15) is 5.82 Å². The molecule has 2 aromatic carbocycles. The first-order chi connectivity index (χ1) is 13.3. The normalized spacial score (nSPS) is 17.0. The van der Waals surface area contributed by atoms with E-state index < -0.39 is 0 Å². The molecule has 0 spiro atoms. The Hall–Kier alpha value is -2.88. The number of aromatic amines is 1. The highest BCUT2D eigenvalue weighted by Gasteiger charge is 2.24. The number of rotatable bonds is 5. The smallest absolute Gasteiger partial charge is 0.253 e. The third kappa shape index (κ3) is 4.27. The highest BCUT2D eigenvalue weighted by atomic mass is 16.2. The van der Waals surface area contributed by atoms with Crippen LogP contribution in [0.1, 0.15) is 35.2 Å². The zero-order chi connectivity index (χ0) is 18.5. The van der Waals surface area contributed by atoms with Crippen LogP contribution in [0, 0.1) is 5.92 Å². The van der Waals surface area contributed by atoms with Crippen LogP contribution in [-0.4, -0.2) is 33.9 Å². The highest BCUT2D eigenvalue weighted by molar-refractivity contribution is 5.95. The second-order valence-corrected chi connectivity index (χ2v) is 7.30. The fourth-order valence-corrected chi connectivity index (χ4v) is 3.91. The lowest BCUT2D eigenvalue weighted by molar-refractivity contribution is 0.0668. The van der Waals surface area contributed by atoms with Crippen LogP contribution in [-0.2, 0) is 6.42 Å². The van der Waals surface area contributed by atoms with Crippen LogP contribution in [0.5, 0.6) is 0 Å². The molecule has 4 heteroatoms. The first-order valence-electron chi connectivity index (χ1n) is 9.72. The minimum absolute atomic E-state index is 0.132. The van der Waals surface area contributed by atoms with E-state index in [0.29, 0.717) is 5.92 Å². The third-order valence-electron chi connectivity index (χ3n) is 5.37. The number of aromatic nitrogens is 2. The summed E-state index contributed by atoms with van der Waals surface area (Å²) in [5.74, 6) is 1.51. The molecular formula is C23H25N3O. The van der Waals surface area contributed by atoms with Crippen LogP contribution < -0.4 is 0 Å². The predicted molar refractivity (Wildman–Crippen MR) is 107 cm³/mol. The second-order valence-electron chi connectivity index (χ2n) is 7.30. The van der Waals surface area contributed by atoms with Crippen molar-refractivity contribution < 1.29 is 4.79 Å². The topological polar surface area (TPSA) is 49.0 Å². The van der Waals surface area contributed by atoms with Gasteiger partial charge < -0.3 is 9.88 Å². The molecular weight excluding hydrogens is 334 g/mol. The van der Waals surface area contributed by atoms with Gasteiger partial charge in [-0.25, -0.2) is 4.98 Å². The van der Waals surface area contributed by atoms with Crippen LogP contribution in [0.4, 0.5) is 0 Å². The average Bonchev–Trinajstić information content (AvgIpc) is 3.28. The maximum atomic E-state index is 13.0. The van der Waals surface area contributed by atoms with Crippen molar-refractivity contribution >= 4 is 5.91 Å². The first kappa shape index (κ1) is 17.5. The molecule has 1 N–H and O–H groups in total. The predicted octanol–water partition coefficient (Wildman–Crippen LogP) is 4.56. The van der Waals surface area contributed by atoms with Crippen molar-refractivity contribution in [1.29, 1.82) is 0 Å². The first-order valence-corrected chi connectivity index (χ1v) is 9.72. The molecule has 1 saturated heterocycles. The molecule has 27 heavy (non-hydrogen) atoms. The van der Waals surface area contributed by atoms with Crippen molar-refractivity contribution in [2.24, 2.45) is 5.92 Å². The Labute approximate surface area is 160 Å². The van der Waals surface area contributed by atoms with Gasteiger partial charge in [0, 0.05) is 36.6 Å². The number of H-pyrrole nitrogens is 1. The third-order valence-corrected chi connectivity index (χ3v) is 5.37. The molecule has 0 saturated carbocycles. The number of carbonyl (C=O) groups excluding carboxylic acids is 1.